The summed E-state index contributed by atoms with van der Waals surface area (Å²) in [4.78, 5) is 15.0. The topological polar surface area (TPSA) is 69.7 Å². The first kappa shape index (κ1) is 19.9. The van der Waals surface area contributed by atoms with Gasteiger partial charge in [-0.3, -0.25) is 9.69 Å². The van der Waals surface area contributed by atoms with Crippen LogP contribution in [-0.4, -0.2) is 61.5 Å². The van der Waals surface area contributed by atoms with Gasteiger partial charge in [-0.05, 0) is 74.6 Å². The van der Waals surface area contributed by atoms with Crippen molar-refractivity contribution >= 4 is 21.6 Å². The van der Waals surface area contributed by atoms with Gasteiger partial charge in [-0.1, -0.05) is 6.07 Å². The van der Waals surface area contributed by atoms with Gasteiger partial charge in [-0.25, -0.2) is 8.42 Å². The van der Waals surface area contributed by atoms with E-state index in [0.717, 1.165) is 57.3 Å². The van der Waals surface area contributed by atoms with Gasteiger partial charge in [-0.15, -0.1) is 0 Å². The van der Waals surface area contributed by atoms with Gasteiger partial charge in [0.15, 0.2) is 0 Å². The second kappa shape index (κ2) is 7.76. The Bertz CT molecular complexity index is 839. The molecule has 1 saturated heterocycles. The Labute approximate surface area is 168 Å². The van der Waals surface area contributed by atoms with Crippen molar-refractivity contribution in [2.24, 2.45) is 0 Å². The molecule has 1 amide bonds. The molecule has 1 aromatic carbocycles. The maximum absolute atomic E-state index is 12.8. The zero-order valence-electron chi connectivity index (χ0n) is 17.0. The third-order valence-electron chi connectivity index (χ3n) is 6.45. The summed E-state index contributed by atoms with van der Waals surface area (Å²) >= 11 is 0. The Balaban J connectivity index is 1.46. The molecule has 1 aliphatic heterocycles. The number of benzene rings is 1. The van der Waals surface area contributed by atoms with E-state index in [1.165, 1.54) is 26.6 Å². The van der Waals surface area contributed by atoms with E-state index < -0.39 is 21.7 Å². The average molecular weight is 406 g/mol. The molecule has 1 heterocycles. The number of aryl methyl sites for hydroxylation is 2. The zero-order chi connectivity index (χ0) is 19.9. The van der Waals surface area contributed by atoms with Crippen LogP contribution in [0.4, 0.5) is 5.69 Å². The Kier molecular flexibility index (Phi) is 5.51. The lowest BCUT2D eigenvalue weighted by atomic mass is 9.98. The highest BCUT2D eigenvalue weighted by Gasteiger charge is 2.31. The molecular weight excluding hydrogens is 374 g/mol. The molecule has 1 N–H and O–H groups in total. The van der Waals surface area contributed by atoms with Crippen molar-refractivity contribution < 1.29 is 13.2 Å². The van der Waals surface area contributed by atoms with E-state index >= 15 is 0 Å². The average Bonchev–Trinajstić information content (AvgIpc) is 3.30. The summed E-state index contributed by atoms with van der Waals surface area (Å²) in [6.07, 6.45) is 6.29. The van der Waals surface area contributed by atoms with Crippen LogP contribution in [0.15, 0.2) is 6.07 Å². The molecule has 0 unspecified atom stereocenters. The van der Waals surface area contributed by atoms with Crippen LogP contribution in [-0.2, 0) is 40.5 Å². The Morgan fingerprint density at radius 1 is 1.00 bits per heavy atom. The number of carbonyl (C=O) groups excluding carboxylic acids is 1. The van der Waals surface area contributed by atoms with Crippen LogP contribution in [0, 0.1) is 0 Å². The molecule has 154 valence electrons. The molecule has 0 bridgehead atoms. The van der Waals surface area contributed by atoms with E-state index in [-0.39, 0.29) is 0 Å². The minimum atomic E-state index is -3.59. The SMILES string of the molecule is CC(C)N1CCN(S(=O)(=O)CC(=O)Nc2c3c(cc4c2CCC4)CCC3)CC1. The Hall–Kier alpha value is -1.44. The number of anilines is 1. The smallest absolute Gasteiger partial charge is 0.241 e. The molecule has 1 fully saturated rings. The highest BCUT2D eigenvalue weighted by Crippen LogP contribution is 2.38. The van der Waals surface area contributed by atoms with Crippen molar-refractivity contribution in [2.75, 3.05) is 37.2 Å². The first-order valence-corrected chi connectivity index (χ1v) is 12.1. The lowest BCUT2D eigenvalue weighted by Crippen LogP contribution is -2.51. The second-order valence-corrected chi connectivity index (χ2v) is 10.5. The summed E-state index contributed by atoms with van der Waals surface area (Å²) in [5.41, 5.74) is 6.06. The highest BCUT2D eigenvalue weighted by atomic mass is 32.2. The molecule has 6 nitrogen and oxygen atoms in total. The number of amides is 1. The molecule has 0 aromatic heterocycles. The van der Waals surface area contributed by atoms with Crippen LogP contribution < -0.4 is 5.32 Å². The number of nitrogens with zero attached hydrogens (tertiary/aromatic N) is 2. The number of carbonyl (C=O) groups is 1. The molecule has 28 heavy (non-hydrogen) atoms. The maximum atomic E-state index is 12.8. The number of sulfonamides is 1. The van der Waals surface area contributed by atoms with Crippen LogP contribution in [0.3, 0.4) is 0 Å². The fraction of sp³-hybridized carbons (Fsp3) is 0.667. The molecule has 0 atom stereocenters. The predicted octanol–water partition coefficient (Wildman–Crippen LogP) is 1.96. The Morgan fingerprint density at radius 2 is 1.57 bits per heavy atom. The van der Waals surface area contributed by atoms with Crippen molar-refractivity contribution in [3.8, 4) is 0 Å². The zero-order valence-corrected chi connectivity index (χ0v) is 17.8. The van der Waals surface area contributed by atoms with Crippen LogP contribution in [0.1, 0.15) is 48.9 Å². The van der Waals surface area contributed by atoms with Crippen LogP contribution in [0.2, 0.25) is 0 Å². The summed E-state index contributed by atoms with van der Waals surface area (Å²) in [5.74, 6) is -0.867. The first-order valence-electron chi connectivity index (χ1n) is 10.5. The molecule has 0 saturated carbocycles. The third-order valence-corrected chi connectivity index (χ3v) is 8.23. The fourth-order valence-corrected chi connectivity index (χ4v) is 6.20. The minimum Gasteiger partial charge on any atom is -0.325 e. The van der Waals surface area contributed by atoms with E-state index in [9.17, 15) is 13.2 Å². The standard InChI is InChI=1S/C21H31N3O3S/c1-15(2)23-9-11-24(12-10-23)28(26,27)14-20(25)22-21-18-7-3-5-16(18)13-17-6-4-8-19(17)21/h13,15H,3-12,14H2,1-2H3,(H,22,25). The van der Waals surface area contributed by atoms with Crippen LogP contribution in [0.25, 0.3) is 0 Å². The number of fused-ring (bicyclic) bond motifs is 2. The van der Waals surface area contributed by atoms with E-state index in [4.69, 9.17) is 0 Å². The second-order valence-electron chi connectivity index (χ2n) is 8.57. The minimum absolute atomic E-state index is 0.402. The summed E-state index contributed by atoms with van der Waals surface area (Å²) in [5, 5.41) is 3.01. The number of hydrogen-bond acceptors (Lipinski definition) is 4. The van der Waals surface area contributed by atoms with Crippen molar-refractivity contribution in [3.63, 3.8) is 0 Å². The molecule has 2 aliphatic carbocycles. The van der Waals surface area contributed by atoms with Crippen molar-refractivity contribution in [3.05, 3.63) is 28.3 Å². The van der Waals surface area contributed by atoms with E-state index in [2.05, 4.69) is 30.1 Å². The molecule has 3 aliphatic rings. The monoisotopic (exact) mass is 405 g/mol. The van der Waals surface area contributed by atoms with Gasteiger partial charge < -0.3 is 5.32 Å². The molecule has 4 rings (SSSR count). The lowest BCUT2D eigenvalue weighted by Gasteiger charge is -2.36. The predicted molar refractivity (Wildman–Crippen MR) is 111 cm³/mol. The van der Waals surface area contributed by atoms with Crippen LogP contribution in [0.5, 0.6) is 0 Å². The fourth-order valence-electron chi connectivity index (χ4n) is 4.90. The van der Waals surface area contributed by atoms with Crippen molar-refractivity contribution in [1.82, 2.24) is 9.21 Å². The van der Waals surface area contributed by atoms with Gasteiger partial charge in [0, 0.05) is 37.9 Å². The largest absolute Gasteiger partial charge is 0.325 e. The van der Waals surface area contributed by atoms with Gasteiger partial charge in [0.2, 0.25) is 15.9 Å². The highest BCUT2D eigenvalue weighted by molar-refractivity contribution is 7.89. The van der Waals surface area contributed by atoms with Gasteiger partial charge in [-0.2, -0.15) is 4.31 Å². The van der Waals surface area contributed by atoms with Gasteiger partial charge in [0.1, 0.15) is 5.75 Å². The third kappa shape index (κ3) is 3.84. The van der Waals surface area contributed by atoms with Gasteiger partial charge in [0.25, 0.3) is 0 Å². The Morgan fingerprint density at radius 3 is 2.11 bits per heavy atom. The van der Waals surface area contributed by atoms with E-state index in [0.29, 0.717) is 19.1 Å². The van der Waals surface area contributed by atoms with Crippen LogP contribution >= 0.6 is 0 Å². The summed E-state index contributed by atoms with van der Waals surface area (Å²) in [6, 6.07) is 2.72. The summed E-state index contributed by atoms with van der Waals surface area (Å²) in [7, 11) is -3.59. The van der Waals surface area contributed by atoms with Crippen molar-refractivity contribution in [1.29, 1.82) is 0 Å². The number of nitrogens with one attached hydrogen (secondary N) is 1. The summed E-state index contributed by atoms with van der Waals surface area (Å²) < 4.78 is 27.0. The summed E-state index contributed by atoms with van der Waals surface area (Å²) in [6.45, 7) is 6.60. The van der Waals surface area contributed by atoms with E-state index in [1.807, 2.05) is 0 Å². The quantitative estimate of drug-likeness (QED) is 0.813. The molecule has 1 aromatic rings. The number of piperazine rings is 1. The molecule has 0 spiro atoms. The molecular formula is C21H31N3O3S. The maximum Gasteiger partial charge on any atom is 0.241 e. The van der Waals surface area contributed by atoms with Gasteiger partial charge >= 0.3 is 0 Å². The molecule has 0 radical (unpaired) electrons. The number of hydrogen-bond donors (Lipinski definition) is 1. The molecule has 7 heteroatoms. The van der Waals surface area contributed by atoms with E-state index in [1.54, 1.807) is 0 Å². The van der Waals surface area contributed by atoms with Gasteiger partial charge in [0.05, 0.1) is 0 Å². The number of rotatable bonds is 5. The normalized spacial score (nSPS) is 20.4. The first-order chi connectivity index (χ1) is 13.3. The van der Waals surface area contributed by atoms with Crippen molar-refractivity contribution in [2.45, 2.75) is 58.4 Å². The lowest BCUT2D eigenvalue weighted by molar-refractivity contribution is -0.114.